The van der Waals surface area contributed by atoms with Gasteiger partial charge in [0, 0.05) is 0 Å². The second-order valence-electron chi connectivity index (χ2n) is 4.12. The van der Waals surface area contributed by atoms with Gasteiger partial charge in [0.05, 0.1) is 22.9 Å². The van der Waals surface area contributed by atoms with Crippen LogP contribution in [0, 0.1) is 11.6 Å². The summed E-state index contributed by atoms with van der Waals surface area (Å²) in [6.45, 7) is 3.57. The number of halogens is 3. The topological polar surface area (TPSA) is 52.3 Å². The van der Waals surface area contributed by atoms with Gasteiger partial charge in [-0.15, -0.1) is 0 Å². The molecule has 0 saturated carbocycles. The van der Waals surface area contributed by atoms with Crippen LogP contribution in [0.25, 0.3) is 11.5 Å². The van der Waals surface area contributed by atoms with Gasteiger partial charge in [-0.1, -0.05) is 18.5 Å². The summed E-state index contributed by atoms with van der Waals surface area (Å²) in [7, 11) is 0. The molecule has 1 aromatic carbocycles. The lowest BCUT2D eigenvalue weighted by Gasteiger charge is -2.00. The van der Waals surface area contributed by atoms with E-state index in [9.17, 15) is 13.6 Å². The van der Waals surface area contributed by atoms with Crippen LogP contribution < -0.4 is 0 Å². The van der Waals surface area contributed by atoms with Crippen molar-refractivity contribution in [1.82, 2.24) is 4.98 Å². The number of oxazole rings is 1. The molecule has 0 amide bonds. The molecule has 7 heteroatoms. The van der Waals surface area contributed by atoms with Gasteiger partial charge in [0.25, 0.3) is 0 Å². The third-order valence-electron chi connectivity index (χ3n) is 2.73. The Labute approximate surface area is 124 Å². The lowest BCUT2D eigenvalue weighted by molar-refractivity contribution is 0.0489. The van der Waals surface area contributed by atoms with Crippen molar-refractivity contribution in [3.63, 3.8) is 0 Å². The van der Waals surface area contributed by atoms with Crippen molar-refractivity contribution in [3.8, 4) is 11.5 Å². The van der Waals surface area contributed by atoms with Crippen LogP contribution >= 0.6 is 11.6 Å². The monoisotopic (exact) mass is 315 g/mol. The smallest absolute Gasteiger partial charge is 0.376 e. The highest BCUT2D eigenvalue weighted by Crippen LogP contribution is 2.29. The maximum absolute atomic E-state index is 13.8. The highest BCUT2D eigenvalue weighted by molar-refractivity contribution is 6.30. The third kappa shape index (κ3) is 3.05. The minimum absolute atomic E-state index is 0.107. The van der Waals surface area contributed by atoms with Crippen LogP contribution in [0.1, 0.15) is 30.1 Å². The van der Waals surface area contributed by atoms with Crippen LogP contribution in [-0.4, -0.2) is 17.6 Å². The molecule has 2 rings (SSSR count). The minimum Gasteiger partial charge on any atom is -0.460 e. The molecule has 0 aliphatic rings. The van der Waals surface area contributed by atoms with Gasteiger partial charge in [-0.25, -0.2) is 18.6 Å². The Balaban J connectivity index is 2.51. The molecule has 112 valence electrons. The van der Waals surface area contributed by atoms with E-state index in [1.807, 2.05) is 0 Å². The van der Waals surface area contributed by atoms with Crippen LogP contribution in [-0.2, 0) is 11.2 Å². The van der Waals surface area contributed by atoms with Gasteiger partial charge in [0.15, 0.2) is 0 Å². The quantitative estimate of drug-likeness (QED) is 0.632. The summed E-state index contributed by atoms with van der Waals surface area (Å²) >= 11 is 5.49. The van der Waals surface area contributed by atoms with E-state index in [-0.39, 0.29) is 28.8 Å². The summed E-state index contributed by atoms with van der Waals surface area (Å²) < 4.78 is 37.4. The molecule has 0 spiro atoms. The molecule has 0 N–H and O–H groups in total. The van der Waals surface area contributed by atoms with Gasteiger partial charge < -0.3 is 9.15 Å². The van der Waals surface area contributed by atoms with E-state index in [0.717, 1.165) is 12.1 Å². The van der Waals surface area contributed by atoms with Gasteiger partial charge in [-0.2, -0.15) is 0 Å². The molecule has 0 aliphatic carbocycles. The summed E-state index contributed by atoms with van der Waals surface area (Å²) in [5, 5.41) is -0.343. The van der Waals surface area contributed by atoms with Gasteiger partial charge in [0.1, 0.15) is 11.6 Å². The largest absolute Gasteiger partial charge is 0.460 e. The number of hydrogen-bond acceptors (Lipinski definition) is 4. The lowest BCUT2D eigenvalue weighted by Crippen LogP contribution is -2.05. The van der Waals surface area contributed by atoms with Gasteiger partial charge in [0.2, 0.25) is 11.7 Å². The Morgan fingerprint density at radius 3 is 2.67 bits per heavy atom. The maximum Gasteiger partial charge on any atom is 0.376 e. The fourth-order valence-electron chi connectivity index (χ4n) is 1.75. The predicted octanol–water partition coefficient (Wildman–Crippen LogP) is 4.01. The normalized spacial score (nSPS) is 10.7. The predicted molar refractivity (Wildman–Crippen MR) is 72.2 cm³/mol. The number of esters is 1. The standard InChI is InChI=1S/C14H12ClF2NO3/c1-3-11-12(14(19)20-4-2)21-13(18-11)7-5-10(17)8(15)6-9(7)16/h5-6H,3-4H2,1-2H3. The molecule has 21 heavy (non-hydrogen) atoms. The fraction of sp³-hybridized carbons (Fsp3) is 0.286. The molecule has 0 radical (unpaired) electrons. The van der Waals surface area contributed by atoms with Gasteiger partial charge in [-0.05, 0) is 25.5 Å². The summed E-state index contributed by atoms with van der Waals surface area (Å²) in [4.78, 5) is 15.7. The summed E-state index contributed by atoms with van der Waals surface area (Å²) in [6, 6.07) is 1.70. The molecule has 0 atom stereocenters. The first-order chi connectivity index (χ1) is 9.97. The van der Waals surface area contributed by atoms with E-state index in [1.54, 1.807) is 13.8 Å². The Morgan fingerprint density at radius 1 is 1.33 bits per heavy atom. The van der Waals surface area contributed by atoms with E-state index < -0.39 is 17.6 Å². The molecule has 0 fully saturated rings. The molecule has 1 heterocycles. The number of carbonyl (C=O) groups is 1. The van der Waals surface area contributed by atoms with Crippen molar-refractivity contribution < 1.29 is 22.7 Å². The molecular weight excluding hydrogens is 304 g/mol. The Kier molecular flexibility index (Phi) is 4.57. The first kappa shape index (κ1) is 15.4. The molecule has 0 bridgehead atoms. The van der Waals surface area contributed by atoms with Crippen LogP contribution in [0.3, 0.4) is 0 Å². The lowest BCUT2D eigenvalue weighted by atomic mass is 10.2. The highest BCUT2D eigenvalue weighted by atomic mass is 35.5. The first-order valence-corrected chi connectivity index (χ1v) is 6.67. The van der Waals surface area contributed by atoms with Crippen molar-refractivity contribution >= 4 is 17.6 Å². The Hall–Kier alpha value is -1.95. The number of aromatic nitrogens is 1. The van der Waals surface area contributed by atoms with E-state index in [2.05, 4.69) is 4.98 Å². The first-order valence-electron chi connectivity index (χ1n) is 6.29. The van der Waals surface area contributed by atoms with E-state index in [4.69, 9.17) is 20.8 Å². The number of nitrogens with zero attached hydrogens (tertiary/aromatic N) is 1. The Bertz CT molecular complexity index is 685. The fourth-order valence-corrected chi connectivity index (χ4v) is 1.90. The molecule has 0 unspecified atom stereocenters. The van der Waals surface area contributed by atoms with Crippen LogP contribution in [0.5, 0.6) is 0 Å². The molecule has 0 aliphatic heterocycles. The van der Waals surface area contributed by atoms with Crippen LogP contribution in [0.4, 0.5) is 8.78 Å². The number of rotatable bonds is 4. The molecule has 1 aromatic heterocycles. The minimum atomic E-state index is -0.804. The average Bonchev–Trinajstić information content (AvgIpc) is 2.87. The van der Waals surface area contributed by atoms with E-state index >= 15 is 0 Å². The van der Waals surface area contributed by atoms with Crippen molar-refractivity contribution in [2.75, 3.05) is 6.61 Å². The maximum atomic E-state index is 13.8. The molecular formula is C14H12ClF2NO3. The molecule has 2 aromatic rings. The molecule has 0 saturated heterocycles. The second-order valence-corrected chi connectivity index (χ2v) is 4.52. The average molecular weight is 316 g/mol. The zero-order valence-electron chi connectivity index (χ0n) is 11.4. The summed E-state index contributed by atoms with van der Waals surface area (Å²) in [5.41, 5.74) is 0.111. The number of ether oxygens (including phenoxy) is 1. The van der Waals surface area contributed by atoms with Crippen molar-refractivity contribution in [3.05, 3.63) is 40.2 Å². The highest BCUT2D eigenvalue weighted by Gasteiger charge is 2.23. The van der Waals surface area contributed by atoms with Crippen molar-refractivity contribution in [2.45, 2.75) is 20.3 Å². The zero-order valence-corrected chi connectivity index (χ0v) is 12.1. The van der Waals surface area contributed by atoms with Gasteiger partial charge >= 0.3 is 5.97 Å². The van der Waals surface area contributed by atoms with Gasteiger partial charge in [-0.3, -0.25) is 0 Å². The SMILES string of the molecule is CCOC(=O)c1oc(-c2cc(F)c(Cl)cc2F)nc1CC. The van der Waals surface area contributed by atoms with Crippen LogP contribution in [0.2, 0.25) is 5.02 Å². The zero-order chi connectivity index (χ0) is 15.6. The van der Waals surface area contributed by atoms with Crippen molar-refractivity contribution in [1.29, 1.82) is 0 Å². The number of carbonyl (C=O) groups excluding carboxylic acids is 1. The number of aryl methyl sites for hydroxylation is 1. The van der Waals surface area contributed by atoms with Crippen LogP contribution in [0.15, 0.2) is 16.5 Å². The van der Waals surface area contributed by atoms with E-state index in [0.29, 0.717) is 12.1 Å². The number of hydrogen-bond donors (Lipinski definition) is 0. The summed E-state index contributed by atoms with van der Waals surface area (Å²) in [5.74, 6) is -2.59. The second kappa shape index (κ2) is 6.22. The molecule has 4 nitrogen and oxygen atoms in total. The Morgan fingerprint density at radius 2 is 2.05 bits per heavy atom. The summed E-state index contributed by atoms with van der Waals surface area (Å²) in [6.07, 6.45) is 0.384. The van der Waals surface area contributed by atoms with Crippen molar-refractivity contribution in [2.24, 2.45) is 0 Å². The number of benzene rings is 1. The van der Waals surface area contributed by atoms with E-state index in [1.165, 1.54) is 0 Å². The third-order valence-corrected chi connectivity index (χ3v) is 3.02.